The van der Waals surface area contributed by atoms with Crippen LogP contribution in [0.4, 0.5) is 4.39 Å². The van der Waals surface area contributed by atoms with E-state index in [0.717, 1.165) is 6.42 Å². The minimum absolute atomic E-state index is 0.0675. The predicted octanol–water partition coefficient (Wildman–Crippen LogP) is 3.32. The first kappa shape index (κ1) is 14.2. The van der Waals surface area contributed by atoms with Crippen molar-refractivity contribution in [3.8, 4) is 11.3 Å². The third-order valence-corrected chi connectivity index (χ3v) is 3.20. The van der Waals surface area contributed by atoms with E-state index >= 15 is 0 Å². The van der Waals surface area contributed by atoms with Crippen molar-refractivity contribution in [3.63, 3.8) is 0 Å². The maximum absolute atomic E-state index is 13.0. The van der Waals surface area contributed by atoms with E-state index in [1.165, 1.54) is 12.1 Å². The van der Waals surface area contributed by atoms with Crippen LogP contribution in [0.15, 0.2) is 28.8 Å². The Kier molecular flexibility index (Phi) is 4.17. The molecule has 1 aromatic heterocycles. The van der Waals surface area contributed by atoms with E-state index in [1.54, 1.807) is 19.1 Å². The predicted molar refractivity (Wildman–Crippen MR) is 73.9 cm³/mol. The first-order valence-electron chi connectivity index (χ1n) is 6.56. The average molecular weight is 276 g/mol. The Morgan fingerprint density at radius 2 is 2.05 bits per heavy atom. The summed E-state index contributed by atoms with van der Waals surface area (Å²) in [6, 6.07) is 5.88. The van der Waals surface area contributed by atoms with Crippen molar-refractivity contribution in [1.82, 2.24) is 10.5 Å². The number of nitrogens with one attached hydrogen (secondary N) is 1. The molecule has 2 rings (SSSR count). The molecular formula is C15H17FN2O2. The second-order valence-electron chi connectivity index (χ2n) is 4.75. The lowest BCUT2D eigenvalue weighted by Gasteiger charge is -2.11. The maximum atomic E-state index is 13.0. The maximum Gasteiger partial charge on any atom is 0.257 e. The lowest BCUT2D eigenvalue weighted by Crippen LogP contribution is -2.32. The summed E-state index contributed by atoms with van der Waals surface area (Å²) in [5.41, 5.74) is 1.48. The molecule has 0 aliphatic rings. The number of aromatic nitrogens is 1. The molecule has 1 N–H and O–H groups in total. The van der Waals surface area contributed by atoms with Crippen molar-refractivity contribution in [3.05, 3.63) is 41.4 Å². The zero-order valence-corrected chi connectivity index (χ0v) is 11.7. The van der Waals surface area contributed by atoms with Crippen LogP contribution in [0.1, 0.15) is 36.4 Å². The largest absolute Gasteiger partial charge is 0.360 e. The Balaban J connectivity index is 2.36. The van der Waals surface area contributed by atoms with Crippen LogP contribution in [0, 0.1) is 12.7 Å². The van der Waals surface area contributed by atoms with Gasteiger partial charge in [0.05, 0.1) is 0 Å². The zero-order valence-electron chi connectivity index (χ0n) is 11.7. The van der Waals surface area contributed by atoms with Gasteiger partial charge in [-0.25, -0.2) is 4.39 Å². The molecule has 0 aliphatic carbocycles. The smallest absolute Gasteiger partial charge is 0.257 e. The summed E-state index contributed by atoms with van der Waals surface area (Å²) in [4.78, 5) is 12.3. The third-order valence-electron chi connectivity index (χ3n) is 3.20. The lowest BCUT2D eigenvalue weighted by atomic mass is 10.1. The second-order valence-corrected chi connectivity index (χ2v) is 4.75. The van der Waals surface area contributed by atoms with Crippen molar-refractivity contribution >= 4 is 5.91 Å². The zero-order chi connectivity index (χ0) is 14.7. The van der Waals surface area contributed by atoms with Gasteiger partial charge in [0.25, 0.3) is 5.91 Å². The Labute approximate surface area is 117 Å². The molecule has 1 unspecified atom stereocenters. The van der Waals surface area contributed by atoms with Crippen LogP contribution in [0.2, 0.25) is 0 Å². The molecular weight excluding hydrogens is 259 g/mol. The van der Waals surface area contributed by atoms with Gasteiger partial charge in [-0.15, -0.1) is 0 Å². The van der Waals surface area contributed by atoms with Crippen LogP contribution in [0.5, 0.6) is 0 Å². The van der Waals surface area contributed by atoms with Crippen LogP contribution in [-0.2, 0) is 0 Å². The van der Waals surface area contributed by atoms with Gasteiger partial charge in [-0.05, 0) is 44.5 Å². The summed E-state index contributed by atoms with van der Waals surface area (Å²) in [5.74, 6) is -0.109. The normalized spacial score (nSPS) is 12.2. The van der Waals surface area contributed by atoms with Gasteiger partial charge in [0.2, 0.25) is 0 Å². The highest BCUT2D eigenvalue weighted by Crippen LogP contribution is 2.25. The van der Waals surface area contributed by atoms with Crippen molar-refractivity contribution < 1.29 is 13.7 Å². The van der Waals surface area contributed by atoms with E-state index in [2.05, 4.69) is 10.5 Å². The summed E-state index contributed by atoms with van der Waals surface area (Å²) in [5, 5.41) is 6.79. The number of hydrogen-bond donors (Lipinski definition) is 1. The summed E-state index contributed by atoms with van der Waals surface area (Å²) >= 11 is 0. The van der Waals surface area contributed by atoms with Gasteiger partial charge in [0, 0.05) is 11.6 Å². The van der Waals surface area contributed by atoms with Crippen LogP contribution >= 0.6 is 0 Å². The fourth-order valence-corrected chi connectivity index (χ4v) is 1.84. The number of halogens is 1. The van der Waals surface area contributed by atoms with Gasteiger partial charge in [-0.3, -0.25) is 4.79 Å². The quantitative estimate of drug-likeness (QED) is 0.932. The number of aryl methyl sites for hydroxylation is 1. The molecule has 0 aliphatic heterocycles. The highest BCUT2D eigenvalue weighted by molar-refractivity contribution is 6.00. The van der Waals surface area contributed by atoms with E-state index in [0.29, 0.717) is 22.6 Å². The van der Waals surface area contributed by atoms with E-state index in [-0.39, 0.29) is 17.8 Å². The first-order valence-corrected chi connectivity index (χ1v) is 6.56. The van der Waals surface area contributed by atoms with Crippen molar-refractivity contribution in [2.75, 3.05) is 0 Å². The van der Waals surface area contributed by atoms with Gasteiger partial charge in [-0.1, -0.05) is 12.1 Å². The van der Waals surface area contributed by atoms with Crippen molar-refractivity contribution in [1.29, 1.82) is 0 Å². The first-order chi connectivity index (χ1) is 9.52. The molecule has 1 heterocycles. The Morgan fingerprint density at radius 1 is 1.40 bits per heavy atom. The highest BCUT2D eigenvalue weighted by atomic mass is 19.1. The minimum atomic E-state index is -0.334. The van der Waals surface area contributed by atoms with E-state index in [9.17, 15) is 9.18 Å². The molecule has 2 aromatic rings. The van der Waals surface area contributed by atoms with Gasteiger partial charge < -0.3 is 9.84 Å². The van der Waals surface area contributed by atoms with E-state index in [4.69, 9.17) is 4.52 Å². The number of rotatable bonds is 4. The monoisotopic (exact) mass is 276 g/mol. The Hall–Kier alpha value is -2.17. The average Bonchev–Trinajstić information content (AvgIpc) is 2.81. The summed E-state index contributed by atoms with van der Waals surface area (Å²) in [7, 11) is 0. The number of benzene rings is 1. The molecule has 106 valence electrons. The molecule has 4 nitrogen and oxygen atoms in total. The highest BCUT2D eigenvalue weighted by Gasteiger charge is 2.22. The van der Waals surface area contributed by atoms with Crippen LogP contribution in [0.3, 0.4) is 0 Å². The number of hydrogen-bond acceptors (Lipinski definition) is 3. The number of nitrogens with zero attached hydrogens (tertiary/aromatic N) is 1. The van der Waals surface area contributed by atoms with Crippen LogP contribution in [0.25, 0.3) is 11.3 Å². The number of amides is 1. The summed E-state index contributed by atoms with van der Waals surface area (Å²) in [6.07, 6.45) is 0.835. The molecule has 0 spiro atoms. The third kappa shape index (κ3) is 2.87. The van der Waals surface area contributed by atoms with Crippen LogP contribution < -0.4 is 5.32 Å². The second kappa shape index (κ2) is 5.86. The molecule has 0 saturated carbocycles. The number of carbonyl (C=O) groups is 1. The van der Waals surface area contributed by atoms with E-state index in [1.807, 2.05) is 13.8 Å². The molecule has 0 saturated heterocycles. The standard InChI is InChI=1S/C15H17FN2O2/c1-4-9(2)17-15(19)13-10(3)20-18-14(13)11-5-7-12(16)8-6-11/h5-9H,4H2,1-3H3,(H,17,19). The van der Waals surface area contributed by atoms with Crippen molar-refractivity contribution in [2.24, 2.45) is 0 Å². The van der Waals surface area contributed by atoms with Gasteiger partial charge in [0.1, 0.15) is 22.8 Å². The number of carbonyl (C=O) groups excluding carboxylic acids is 1. The molecule has 5 heteroatoms. The van der Waals surface area contributed by atoms with Crippen LogP contribution in [-0.4, -0.2) is 17.1 Å². The van der Waals surface area contributed by atoms with Gasteiger partial charge in [0.15, 0.2) is 0 Å². The topological polar surface area (TPSA) is 55.1 Å². The SMILES string of the molecule is CCC(C)NC(=O)c1c(-c2ccc(F)cc2)noc1C. The molecule has 1 amide bonds. The van der Waals surface area contributed by atoms with E-state index < -0.39 is 0 Å². The summed E-state index contributed by atoms with van der Waals surface area (Å²) < 4.78 is 18.1. The molecule has 0 fully saturated rings. The molecule has 1 aromatic carbocycles. The fourth-order valence-electron chi connectivity index (χ4n) is 1.84. The molecule has 1 atom stereocenters. The molecule has 0 bridgehead atoms. The Bertz CT molecular complexity index is 605. The van der Waals surface area contributed by atoms with Gasteiger partial charge in [-0.2, -0.15) is 0 Å². The fraction of sp³-hybridized carbons (Fsp3) is 0.333. The minimum Gasteiger partial charge on any atom is -0.360 e. The lowest BCUT2D eigenvalue weighted by molar-refractivity contribution is 0.0938. The summed E-state index contributed by atoms with van der Waals surface area (Å²) in [6.45, 7) is 5.61. The molecule has 20 heavy (non-hydrogen) atoms. The molecule has 0 radical (unpaired) electrons. The van der Waals surface area contributed by atoms with Crippen molar-refractivity contribution in [2.45, 2.75) is 33.2 Å². The Morgan fingerprint density at radius 3 is 2.65 bits per heavy atom. The van der Waals surface area contributed by atoms with Gasteiger partial charge >= 0.3 is 0 Å².